The van der Waals surface area contributed by atoms with E-state index in [2.05, 4.69) is 69.5 Å². The Morgan fingerprint density at radius 1 is 1.05 bits per heavy atom. The first-order valence-corrected chi connectivity index (χ1v) is 18.1. The Balaban J connectivity index is 1.54. The van der Waals surface area contributed by atoms with Crippen molar-refractivity contribution in [1.82, 2.24) is 19.9 Å². The van der Waals surface area contributed by atoms with Crippen molar-refractivity contribution in [3.05, 3.63) is 17.2 Å². The zero-order chi connectivity index (χ0) is 31.3. The fourth-order valence-electron chi connectivity index (χ4n) is 5.93. The third-order valence-corrected chi connectivity index (χ3v) is 13.3. The maximum atomic E-state index is 15.2. The molecule has 2 aliphatic rings. The van der Waals surface area contributed by atoms with Gasteiger partial charge in [0, 0.05) is 19.3 Å². The summed E-state index contributed by atoms with van der Waals surface area (Å²) < 4.78 is 33.3. The topological polar surface area (TPSA) is 89.9 Å². The standard InChI is InChI=1S/C30H47ClFN5O4Si/c1-28(2,3)18-30(7,8)41-27(38)37-19-11-12-20(37)17-36(16-19)25-21-15-33-24(31)22(32)23(21)34-26(35-25)39-13-14-40-42(9,10)29(4,5)6/h15,19-20H,11-14,16-18H2,1-10H3. The number of fused-ring (bicyclic) bond motifs is 3. The van der Waals surface area contributed by atoms with Crippen molar-refractivity contribution >= 4 is 42.7 Å². The van der Waals surface area contributed by atoms with Crippen LogP contribution in [0.3, 0.4) is 0 Å². The van der Waals surface area contributed by atoms with Crippen molar-refractivity contribution in [3.63, 3.8) is 0 Å². The molecule has 0 radical (unpaired) electrons. The number of aromatic nitrogens is 3. The Morgan fingerprint density at radius 2 is 1.67 bits per heavy atom. The Bertz CT molecular complexity index is 1300. The van der Waals surface area contributed by atoms with E-state index in [0.717, 1.165) is 19.3 Å². The molecule has 42 heavy (non-hydrogen) atoms. The largest absolute Gasteiger partial charge is 0.461 e. The predicted molar refractivity (Wildman–Crippen MR) is 166 cm³/mol. The average Bonchev–Trinajstić information content (AvgIpc) is 3.11. The normalized spacial score (nSPS) is 19.9. The Hall–Kier alpha value is -2.24. The third kappa shape index (κ3) is 7.27. The molecule has 1 amide bonds. The minimum absolute atomic E-state index is 0.0262. The van der Waals surface area contributed by atoms with Crippen molar-refractivity contribution in [2.75, 3.05) is 31.2 Å². The summed E-state index contributed by atoms with van der Waals surface area (Å²) in [6.07, 6.45) is 3.67. The molecule has 2 aromatic rings. The van der Waals surface area contributed by atoms with Crippen LogP contribution in [-0.2, 0) is 9.16 Å². The van der Waals surface area contributed by atoms with Gasteiger partial charge in [0.05, 0.1) is 24.1 Å². The first kappa shape index (κ1) is 32.7. The molecule has 2 saturated heterocycles. The molecule has 4 rings (SSSR count). The molecular formula is C30H47ClFN5O4Si. The predicted octanol–water partition coefficient (Wildman–Crippen LogP) is 7.22. The summed E-state index contributed by atoms with van der Waals surface area (Å²) in [5.41, 5.74) is -0.505. The molecule has 0 saturated carbocycles. The SMILES string of the molecule is CC(C)(C)CC(C)(C)OC(=O)N1C2CCC1CN(c1nc(OCCO[Si](C)(C)C(C)(C)C)nc3c(F)c(Cl)ncc13)C2. The summed E-state index contributed by atoms with van der Waals surface area (Å²) in [6.45, 7) is 22.9. The van der Waals surface area contributed by atoms with Crippen LogP contribution in [0.4, 0.5) is 15.0 Å². The number of carbonyl (C=O) groups excluding carboxylic acids is 1. The number of hydrogen-bond acceptors (Lipinski definition) is 8. The summed E-state index contributed by atoms with van der Waals surface area (Å²) in [4.78, 5) is 30.4. The van der Waals surface area contributed by atoms with E-state index in [1.54, 1.807) is 0 Å². The number of ether oxygens (including phenoxy) is 2. The summed E-state index contributed by atoms with van der Waals surface area (Å²) in [5, 5.41) is 0.260. The molecule has 0 aliphatic carbocycles. The van der Waals surface area contributed by atoms with Gasteiger partial charge in [-0.15, -0.1) is 0 Å². The first-order chi connectivity index (χ1) is 19.3. The molecule has 9 nitrogen and oxygen atoms in total. The average molecular weight is 624 g/mol. The number of anilines is 1. The first-order valence-electron chi connectivity index (χ1n) is 14.8. The Morgan fingerprint density at radius 3 is 2.24 bits per heavy atom. The lowest BCUT2D eigenvalue weighted by Crippen LogP contribution is -2.57. The van der Waals surface area contributed by atoms with Crippen molar-refractivity contribution < 1.29 is 23.1 Å². The second-order valence-electron chi connectivity index (χ2n) is 15.0. The van der Waals surface area contributed by atoms with Crippen molar-refractivity contribution in [1.29, 1.82) is 0 Å². The molecule has 0 aromatic carbocycles. The molecule has 12 heteroatoms. The number of amides is 1. The monoisotopic (exact) mass is 623 g/mol. The molecular weight excluding hydrogens is 577 g/mol. The van der Waals surface area contributed by atoms with Crippen LogP contribution in [0.5, 0.6) is 6.01 Å². The zero-order valence-electron chi connectivity index (χ0n) is 26.8. The van der Waals surface area contributed by atoms with E-state index in [1.807, 2.05) is 18.7 Å². The number of rotatable bonds is 8. The van der Waals surface area contributed by atoms with Gasteiger partial charge in [0.1, 0.15) is 23.5 Å². The van der Waals surface area contributed by atoms with Crippen LogP contribution >= 0.6 is 11.6 Å². The quantitative estimate of drug-likeness (QED) is 0.173. The van der Waals surface area contributed by atoms with Gasteiger partial charge in [0.25, 0.3) is 0 Å². The third-order valence-electron chi connectivity index (χ3n) is 8.50. The van der Waals surface area contributed by atoms with Crippen LogP contribution in [-0.4, -0.2) is 78.3 Å². The van der Waals surface area contributed by atoms with E-state index in [1.165, 1.54) is 6.20 Å². The second-order valence-corrected chi connectivity index (χ2v) is 20.1. The van der Waals surface area contributed by atoms with Gasteiger partial charge in [-0.2, -0.15) is 9.97 Å². The van der Waals surface area contributed by atoms with Crippen LogP contribution < -0.4 is 9.64 Å². The van der Waals surface area contributed by atoms with Crippen molar-refractivity contribution in [2.45, 2.75) is 110 Å². The van der Waals surface area contributed by atoms with Gasteiger partial charge in [0.15, 0.2) is 19.3 Å². The fourth-order valence-corrected chi connectivity index (χ4v) is 7.09. The maximum absolute atomic E-state index is 15.2. The number of carbonyl (C=O) groups is 1. The number of halogens is 2. The highest BCUT2D eigenvalue weighted by Crippen LogP contribution is 2.39. The van der Waals surface area contributed by atoms with Crippen LogP contribution in [0.25, 0.3) is 10.9 Å². The van der Waals surface area contributed by atoms with Gasteiger partial charge in [0.2, 0.25) is 0 Å². The minimum Gasteiger partial charge on any atom is -0.461 e. The van der Waals surface area contributed by atoms with Crippen LogP contribution in [0.2, 0.25) is 23.3 Å². The lowest BCUT2D eigenvalue weighted by molar-refractivity contribution is -0.0184. The van der Waals surface area contributed by atoms with E-state index in [-0.39, 0.29) is 51.9 Å². The van der Waals surface area contributed by atoms with Gasteiger partial charge in [-0.05, 0) is 56.7 Å². The molecule has 234 valence electrons. The number of piperazine rings is 1. The molecule has 0 N–H and O–H groups in total. The Labute approximate surface area is 255 Å². The maximum Gasteiger partial charge on any atom is 0.410 e. The molecule has 2 unspecified atom stereocenters. The highest BCUT2D eigenvalue weighted by Gasteiger charge is 2.46. The lowest BCUT2D eigenvalue weighted by atomic mass is 9.84. The van der Waals surface area contributed by atoms with E-state index in [0.29, 0.717) is 30.9 Å². The molecule has 2 fully saturated rings. The van der Waals surface area contributed by atoms with Gasteiger partial charge < -0.3 is 18.8 Å². The fraction of sp³-hybridized carbons (Fsp3) is 0.733. The van der Waals surface area contributed by atoms with Gasteiger partial charge in [-0.25, -0.2) is 14.2 Å². The van der Waals surface area contributed by atoms with Gasteiger partial charge in [-0.3, -0.25) is 4.90 Å². The highest BCUT2D eigenvalue weighted by molar-refractivity contribution is 6.74. The van der Waals surface area contributed by atoms with Gasteiger partial charge in [-0.1, -0.05) is 53.1 Å². The van der Waals surface area contributed by atoms with Crippen LogP contribution in [0.1, 0.15) is 74.7 Å². The van der Waals surface area contributed by atoms with E-state index < -0.39 is 19.7 Å². The zero-order valence-corrected chi connectivity index (χ0v) is 28.6. The summed E-state index contributed by atoms with van der Waals surface area (Å²) in [6, 6.07) is -0.0612. The van der Waals surface area contributed by atoms with E-state index in [9.17, 15) is 4.79 Å². The van der Waals surface area contributed by atoms with Gasteiger partial charge >= 0.3 is 12.1 Å². The van der Waals surface area contributed by atoms with Crippen molar-refractivity contribution in [2.24, 2.45) is 5.41 Å². The number of pyridine rings is 1. The molecule has 4 heterocycles. The number of hydrogen-bond donors (Lipinski definition) is 0. The summed E-state index contributed by atoms with van der Waals surface area (Å²) in [5.74, 6) is -0.201. The smallest absolute Gasteiger partial charge is 0.410 e. The number of nitrogens with zero attached hydrogens (tertiary/aromatic N) is 5. The molecule has 2 aliphatic heterocycles. The second kappa shape index (κ2) is 11.7. The van der Waals surface area contributed by atoms with E-state index in [4.69, 9.17) is 30.5 Å². The summed E-state index contributed by atoms with van der Waals surface area (Å²) in [7, 11) is -1.95. The van der Waals surface area contributed by atoms with Crippen molar-refractivity contribution in [3.8, 4) is 6.01 Å². The highest BCUT2D eigenvalue weighted by atomic mass is 35.5. The molecule has 2 atom stereocenters. The Kier molecular flexibility index (Phi) is 9.09. The van der Waals surface area contributed by atoms with E-state index >= 15 is 4.39 Å². The minimum atomic E-state index is -1.95. The molecule has 2 bridgehead atoms. The van der Waals surface area contributed by atoms with Crippen LogP contribution in [0, 0.1) is 11.2 Å². The molecule has 2 aromatic heterocycles. The lowest BCUT2D eigenvalue weighted by Gasteiger charge is -2.42. The summed E-state index contributed by atoms with van der Waals surface area (Å²) >= 11 is 6.03. The van der Waals surface area contributed by atoms with Crippen LogP contribution in [0.15, 0.2) is 6.20 Å². The molecule has 0 spiro atoms.